The lowest BCUT2D eigenvalue weighted by Gasteiger charge is -2.27. The number of halogens is 1. The molecule has 6 heteroatoms. The lowest BCUT2D eigenvalue weighted by molar-refractivity contribution is -0.127. The molecule has 5 nitrogen and oxygen atoms in total. The maximum atomic E-state index is 12.1. The Hall–Kier alpha value is -1.11. The van der Waals surface area contributed by atoms with Crippen LogP contribution < -0.4 is 15.4 Å². The van der Waals surface area contributed by atoms with Crippen molar-refractivity contribution in [2.24, 2.45) is 0 Å². The van der Waals surface area contributed by atoms with Crippen molar-refractivity contribution in [2.75, 3.05) is 39.3 Å². The molecule has 1 saturated heterocycles. The first kappa shape index (κ1) is 17.2. The first-order chi connectivity index (χ1) is 10.6. The molecular formula is C16H24BrN3O2. The van der Waals surface area contributed by atoms with Crippen molar-refractivity contribution >= 4 is 21.8 Å². The fraction of sp³-hybridized carbons (Fsp3) is 0.562. The number of rotatable bonds is 6. The molecule has 1 heterocycles. The fourth-order valence-electron chi connectivity index (χ4n) is 2.36. The Morgan fingerprint density at radius 2 is 2.18 bits per heavy atom. The van der Waals surface area contributed by atoms with Crippen LogP contribution in [0.5, 0.6) is 5.75 Å². The molecule has 0 radical (unpaired) electrons. The molecule has 0 saturated carbocycles. The molecule has 22 heavy (non-hydrogen) atoms. The van der Waals surface area contributed by atoms with Crippen molar-refractivity contribution in [3.8, 4) is 5.75 Å². The summed E-state index contributed by atoms with van der Waals surface area (Å²) in [5.41, 5.74) is 1.15. The van der Waals surface area contributed by atoms with E-state index in [-0.39, 0.29) is 5.91 Å². The number of aryl methyl sites for hydroxylation is 1. The molecule has 1 aliphatic heterocycles. The molecule has 2 rings (SSSR count). The van der Waals surface area contributed by atoms with Crippen LogP contribution in [0.25, 0.3) is 0 Å². The molecule has 1 aromatic carbocycles. The molecule has 0 aromatic heterocycles. The molecule has 1 unspecified atom stereocenters. The first-order valence-electron chi connectivity index (χ1n) is 7.70. The SMILES string of the molecule is Cc1ccc(OC(C)C(=O)NCCN2CCNCC2)c(Br)c1. The normalized spacial score (nSPS) is 17.0. The van der Waals surface area contributed by atoms with E-state index in [2.05, 4.69) is 31.5 Å². The van der Waals surface area contributed by atoms with Crippen LogP contribution in [-0.4, -0.2) is 56.2 Å². The van der Waals surface area contributed by atoms with Gasteiger partial charge in [0.2, 0.25) is 0 Å². The van der Waals surface area contributed by atoms with E-state index in [0.29, 0.717) is 12.3 Å². The van der Waals surface area contributed by atoms with Gasteiger partial charge in [-0.1, -0.05) is 6.07 Å². The summed E-state index contributed by atoms with van der Waals surface area (Å²) in [6.07, 6.45) is -0.512. The van der Waals surface area contributed by atoms with Gasteiger partial charge in [0.1, 0.15) is 5.75 Å². The number of piperazine rings is 1. The Morgan fingerprint density at radius 3 is 2.86 bits per heavy atom. The highest BCUT2D eigenvalue weighted by Crippen LogP contribution is 2.26. The van der Waals surface area contributed by atoms with Crippen LogP contribution in [0.4, 0.5) is 0 Å². The molecule has 0 bridgehead atoms. The predicted octanol–water partition coefficient (Wildman–Crippen LogP) is 1.55. The van der Waals surface area contributed by atoms with Crippen molar-refractivity contribution in [1.29, 1.82) is 0 Å². The summed E-state index contributed by atoms with van der Waals surface area (Å²) in [4.78, 5) is 14.4. The van der Waals surface area contributed by atoms with E-state index in [1.165, 1.54) is 0 Å². The van der Waals surface area contributed by atoms with E-state index in [0.717, 1.165) is 42.8 Å². The lowest BCUT2D eigenvalue weighted by Crippen LogP contribution is -2.47. The van der Waals surface area contributed by atoms with Crippen LogP contribution in [-0.2, 0) is 4.79 Å². The number of hydrogen-bond donors (Lipinski definition) is 2. The van der Waals surface area contributed by atoms with Crippen LogP contribution in [0.3, 0.4) is 0 Å². The van der Waals surface area contributed by atoms with Crippen LogP contribution in [0, 0.1) is 6.92 Å². The summed E-state index contributed by atoms with van der Waals surface area (Å²) in [7, 11) is 0. The van der Waals surface area contributed by atoms with Gasteiger partial charge in [-0.25, -0.2) is 0 Å². The van der Waals surface area contributed by atoms with Gasteiger partial charge < -0.3 is 15.4 Å². The Morgan fingerprint density at radius 1 is 1.45 bits per heavy atom. The van der Waals surface area contributed by atoms with Gasteiger partial charge in [-0.3, -0.25) is 9.69 Å². The summed E-state index contributed by atoms with van der Waals surface area (Å²) in [6.45, 7) is 9.45. The van der Waals surface area contributed by atoms with Crippen molar-refractivity contribution in [3.63, 3.8) is 0 Å². The quantitative estimate of drug-likeness (QED) is 0.798. The average Bonchev–Trinajstić information content (AvgIpc) is 2.51. The molecule has 1 aliphatic rings. The molecule has 0 aliphatic carbocycles. The van der Waals surface area contributed by atoms with E-state index in [4.69, 9.17) is 4.74 Å². The van der Waals surface area contributed by atoms with E-state index in [1.54, 1.807) is 6.92 Å². The molecule has 1 aromatic rings. The molecular weight excluding hydrogens is 346 g/mol. The van der Waals surface area contributed by atoms with Gasteiger partial charge in [0, 0.05) is 39.3 Å². The van der Waals surface area contributed by atoms with E-state index >= 15 is 0 Å². The van der Waals surface area contributed by atoms with Crippen molar-refractivity contribution in [2.45, 2.75) is 20.0 Å². The predicted molar refractivity (Wildman–Crippen MR) is 91.3 cm³/mol. The summed E-state index contributed by atoms with van der Waals surface area (Å²) < 4.78 is 6.59. The average molecular weight is 370 g/mol. The minimum atomic E-state index is -0.512. The Balaban J connectivity index is 1.74. The van der Waals surface area contributed by atoms with Gasteiger partial charge in [0.15, 0.2) is 6.10 Å². The van der Waals surface area contributed by atoms with Crippen molar-refractivity contribution in [3.05, 3.63) is 28.2 Å². The highest BCUT2D eigenvalue weighted by molar-refractivity contribution is 9.10. The number of nitrogens with one attached hydrogen (secondary N) is 2. The monoisotopic (exact) mass is 369 g/mol. The van der Waals surface area contributed by atoms with Crippen LogP contribution in [0.1, 0.15) is 12.5 Å². The second-order valence-corrected chi connectivity index (χ2v) is 6.43. The minimum Gasteiger partial charge on any atom is -0.480 e. The zero-order valence-corrected chi connectivity index (χ0v) is 14.8. The largest absolute Gasteiger partial charge is 0.480 e. The topological polar surface area (TPSA) is 53.6 Å². The molecule has 0 spiro atoms. The number of ether oxygens (including phenoxy) is 1. The van der Waals surface area contributed by atoms with E-state index in [1.807, 2.05) is 25.1 Å². The first-order valence-corrected chi connectivity index (χ1v) is 8.49. The number of amides is 1. The number of carbonyl (C=O) groups is 1. The summed E-state index contributed by atoms with van der Waals surface area (Å²) >= 11 is 3.46. The van der Waals surface area contributed by atoms with Gasteiger partial charge in [0.25, 0.3) is 5.91 Å². The zero-order chi connectivity index (χ0) is 15.9. The van der Waals surface area contributed by atoms with Crippen LogP contribution in [0.2, 0.25) is 0 Å². The second-order valence-electron chi connectivity index (χ2n) is 5.58. The summed E-state index contributed by atoms with van der Waals surface area (Å²) in [6, 6.07) is 5.82. The van der Waals surface area contributed by atoms with E-state index in [9.17, 15) is 4.79 Å². The summed E-state index contributed by atoms with van der Waals surface area (Å²) in [5, 5.41) is 6.25. The molecule has 2 N–H and O–H groups in total. The molecule has 122 valence electrons. The second kappa shape index (κ2) is 8.50. The number of hydrogen-bond acceptors (Lipinski definition) is 4. The smallest absolute Gasteiger partial charge is 0.260 e. The Bertz CT molecular complexity index is 504. The highest BCUT2D eigenvalue weighted by Gasteiger charge is 2.16. The van der Waals surface area contributed by atoms with Crippen molar-refractivity contribution in [1.82, 2.24) is 15.5 Å². The third-order valence-corrected chi connectivity index (χ3v) is 4.32. The fourth-order valence-corrected chi connectivity index (χ4v) is 2.95. The maximum Gasteiger partial charge on any atom is 0.260 e. The summed E-state index contributed by atoms with van der Waals surface area (Å²) in [5.74, 6) is 0.609. The maximum absolute atomic E-state index is 12.1. The Kier molecular flexibility index (Phi) is 6.67. The lowest BCUT2D eigenvalue weighted by atomic mass is 10.2. The molecule has 1 fully saturated rings. The number of carbonyl (C=O) groups excluding carboxylic acids is 1. The standard InChI is InChI=1S/C16H24BrN3O2/c1-12-3-4-15(14(17)11-12)22-13(2)16(21)19-7-10-20-8-5-18-6-9-20/h3-4,11,13,18H,5-10H2,1-2H3,(H,19,21). The van der Waals surface area contributed by atoms with Crippen LogP contribution >= 0.6 is 15.9 Å². The third kappa shape index (κ3) is 5.26. The van der Waals surface area contributed by atoms with Gasteiger partial charge >= 0.3 is 0 Å². The Labute approximate surface area is 140 Å². The third-order valence-electron chi connectivity index (χ3n) is 3.70. The molecule has 1 amide bonds. The highest BCUT2D eigenvalue weighted by atomic mass is 79.9. The molecule has 1 atom stereocenters. The minimum absolute atomic E-state index is 0.0809. The van der Waals surface area contributed by atoms with Crippen molar-refractivity contribution < 1.29 is 9.53 Å². The van der Waals surface area contributed by atoms with Crippen LogP contribution in [0.15, 0.2) is 22.7 Å². The van der Waals surface area contributed by atoms with Gasteiger partial charge in [-0.15, -0.1) is 0 Å². The van der Waals surface area contributed by atoms with E-state index < -0.39 is 6.10 Å². The van der Waals surface area contributed by atoms with Gasteiger partial charge in [-0.2, -0.15) is 0 Å². The van der Waals surface area contributed by atoms with Gasteiger partial charge in [0.05, 0.1) is 4.47 Å². The van der Waals surface area contributed by atoms with Gasteiger partial charge in [-0.05, 0) is 47.5 Å². The number of benzene rings is 1. The number of nitrogens with zero attached hydrogens (tertiary/aromatic N) is 1. The zero-order valence-electron chi connectivity index (χ0n) is 13.2.